The quantitative estimate of drug-likeness (QED) is 0.693. The average molecular weight is 241 g/mol. The third-order valence-electron chi connectivity index (χ3n) is 3.64. The van der Waals surface area contributed by atoms with Gasteiger partial charge in [-0.3, -0.25) is 4.90 Å². The summed E-state index contributed by atoms with van der Waals surface area (Å²) >= 11 is 0. The van der Waals surface area contributed by atoms with E-state index in [0.717, 1.165) is 45.4 Å². The summed E-state index contributed by atoms with van der Waals surface area (Å²) in [6.07, 6.45) is 3.57. The molecule has 0 aromatic carbocycles. The topological polar surface area (TPSA) is 38.8 Å². The van der Waals surface area contributed by atoms with Crippen molar-refractivity contribution in [1.29, 1.82) is 0 Å². The van der Waals surface area contributed by atoms with Crippen LogP contribution in [0.25, 0.3) is 0 Å². The largest absolute Gasteiger partial charge is 0.380 e. The maximum Gasteiger partial charge on any atom is 0.129 e. The molecule has 0 radical (unpaired) electrons. The van der Waals surface area contributed by atoms with E-state index < -0.39 is 0 Å². The van der Waals surface area contributed by atoms with E-state index in [0.29, 0.717) is 6.61 Å². The van der Waals surface area contributed by atoms with Crippen molar-refractivity contribution in [2.75, 3.05) is 32.8 Å². The van der Waals surface area contributed by atoms with E-state index in [4.69, 9.17) is 9.47 Å². The summed E-state index contributed by atoms with van der Waals surface area (Å²) in [5, 5.41) is 0. The number of aldehydes is 1. The lowest BCUT2D eigenvalue weighted by atomic mass is 9.83. The lowest BCUT2D eigenvalue weighted by Gasteiger charge is -2.41. The lowest BCUT2D eigenvalue weighted by molar-refractivity contribution is -0.130. The van der Waals surface area contributed by atoms with Crippen molar-refractivity contribution in [2.24, 2.45) is 5.41 Å². The minimum absolute atomic E-state index is 0.256. The highest BCUT2D eigenvalue weighted by Gasteiger charge is 2.36. The molecular formula is C13H23NO3. The molecule has 2 saturated heterocycles. The molecule has 2 fully saturated rings. The molecule has 3 atom stereocenters. The molecule has 2 aliphatic rings. The molecule has 4 heteroatoms. The Labute approximate surface area is 103 Å². The molecule has 2 aliphatic heterocycles. The second-order valence-corrected chi connectivity index (χ2v) is 5.59. The molecule has 0 bridgehead atoms. The molecular weight excluding hydrogens is 218 g/mol. The lowest BCUT2D eigenvalue weighted by Crippen LogP contribution is -2.52. The van der Waals surface area contributed by atoms with Gasteiger partial charge in [-0.1, -0.05) is 0 Å². The van der Waals surface area contributed by atoms with Crippen LogP contribution >= 0.6 is 0 Å². The van der Waals surface area contributed by atoms with E-state index in [1.165, 1.54) is 0 Å². The molecule has 17 heavy (non-hydrogen) atoms. The van der Waals surface area contributed by atoms with Crippen LogP contribution < -0.4 is 0 Å². The second-order valence-electron chi connectivity index (χ2n) is 5.59. The van der Waals surface area contributed by atoms with E-state index in [1.807, 2.05) is 0 Å². The number of hydrogen-bond acceptors (Lipinski definition) is 4. The first kappa shape index (κ1) is 13.0. The molecule has 0 saturated carbocycles. The van der Waals surface area contributed by atoms with Gasteiger partial charge in [-0.2, -0.15) is 0 Å². The molecule has 0 aromatic heterocycles. The molecule has 2 heterocycles. The van der Waals surface area contributed by atoms with Gasteiger partial charge >= 0.3 is 0 Å². The number of ether oxygens (including phenoxy) is 2. The molecule has 0 amide bonds. The van der Waals surface area contributed by atoms with E-state index in [9.17, 15) is 4.79 Å². The number of nitrogens with zero attached hydrogens (tertiary/aromatic N) is 1. The van der Waals surface area contributed by atoms with E-state index in [2.05, 4.69) is 18.7 Å². The van der Waals surface area contributed by atoms with Gasteiger partial charge in [0.25, 0.3) is 0 Å². The fraction of sp³-hybridized carbons (Fsp3) is 0.923. The summed E-state index contributed by atoms with van der Waals surface area (Å²) in [4.78, 5) is 13.7. The Balaban J connectivity index is 1.95. The summed E-state index contributed by atoms with van der Waals surface area (Å²) in [7, 11) is 0. The van der Waals surface area contributed by atoms with Crippen LogP contribution in [-0.4, -0.2) is 56.2 Å². The normalized spacial score (nSPS) is 40.1. The number of morpholine rings is 1. The first-order chi connectivity index (χ1) is 8.13. The first-order valence-electron chi connectivity index (χ1n) is 6.55. The number of hydrogen-bond donors (Lipinski definition) is 0. The zero-order chi connectivity index (χ0) is 12.3. The molecule has 4 nitrogen and oxygen atoms in total. The van der Waals surface area contributed by atoms with Gasteiger partial charge in [-0.15, -0.1) is 0 Å². The van der Waals surface area contributed by atoms with Crippen molar-refractivity contribution < 1.29 is 14.3 Å². The van der Waals surface area contributed by atoms with Gasteiger partial charge in [0.05, 0.1) is 24.2 Å². The first-order valence-corrected chi connectivity index (χ1v) is 6.55. The Morgan fingerprint density at radius 3 is 2.59 bits per heavy atom. The zero-order valence-corrected chi connectivity index (χ0v) is 10.9. The minimum atomic E-state index is -0.283. The van der Waals surface area contributed by atoms with Gasteiger partial charge in [0.1, 0.15) is 6.29 Å². The molecule has 0 aliphatic carbocycles. The van der Waals surface area contributed by atoms with E-state index in [-0.39, 0.29) is 17.6 Å². The SMILES string of the molecule is CC1CN(CC2(C=O)CCCOC2)CC(C)O1. The van der Waals surface area contributed by atoms with Crippen molar-refractivity contribution in [1.82, 2.24) is 4.90 Å². The van der Waals surface area contributed by atoms with Crippen molar-refractivity contribution in [2.45, 2.75) is 38.9 Å². The highest BCUT2D eigenvalue weighted by Crippen LogP contribution is 2.28. The van der Waals surface area contributed by atoms with Crippen LogP contribution in [0.2, 0.25) is 0 Å². The van der Waals surface area contributed by atoms with Crippen molar-refractivity contribution in [3.8, 4) is 0 Å². The summed E-state index contributed by atoms with van der Waals surface area (Å²) in [6, 6.07) is 0. The Morgan fingerprint density at radius 1 is 1.35 bits per heavy atom. The van der Waals surface area contributed by atoms with Crippen LogP contribution in [0.4, 0.5) is 0 Å². The Bertz CT molecular complexity index is 253. The van der Waals surface area contributed by atoms with Crippen LogP contribution in [0, 0.1) is 5.41 Å². The molecule has 98 valence electrons. The fourth-order valence-corrected chi connectivity index (χ4v) is 2.99. The predicted molar refractivity (Wildman–Crippen MR) is 65.0 cm³/mol. The van der Waals surface area contributed by atoms with Gasteiger partial charge in [0.15, 0.2) is 0 Å². The number of carbonyl (C=O) groups excluding carboxylic acids is 1. The zero-order valence-electron chi connectivity index (χ0n) is 10.9. The molecule has 2 rings (SSSR count). The maximum absolute atomic E-state index is 11.4. The van der Waals surface area contributed by atoms with Gasteiger partial charge in [-0.25, -0.2) is 0 Å². The number of carbonyl (C=O) groups is 1. The second kappa shape index (κ2) is 5.46. The Hall–Kier alpha value is -0.450. The molecule has 3 unspecified atom stereocenters. The van der Waals surface area contributed by atoms with Crippen molar-refractivity contribution in [3.05, 3.63) is 0 Å². The van der Waals surface area contributed by atoms with E-state index in [1.54, 1.807) is 0 Å². The van der Waals surface area contributed by atoms with Crippen molar-refractivity contribution in [3.63, 3.8) is 0 Å². The summed E-state index contributed by atoms with van der Waals surface area (Å²) in [5.41, 5.74) is -0.283. The van der Waals surface area contributed by atoms with Crippen LogP contribution in [0.5, 0.6) is 0 Å². The Kier molecular flexibility index (Phi) is 4.17. The summed E-state index contributed by atoms with van der Waals surface area (Å²) in [6.45, 7) is 8.21. The average Bonchev–Trinajstić information content (AvgIpc) is 2.29. The maximum atomic E-state index is 11.4. The standard InChI is InChI=1S/C13H23NO3/c1-11-6-14(7-12(2)17-11)8-13(9-15)4-3-5-16-10-13/h9,11-12H,3-8,10H2,1-2H3. The summed E-state index contributed by atoms with van der Waals surface area (Å²) < 4.78 is 11.2. The Morgan fingerprint density at radius 2 is 2.06 bits per heavy atom. The van der Waals surface area contributed by atoms with Crippen LogP contribution in [-0.2, 0) is 14.3 Å². The number of rotatable bonds is 3. The molecule has 0 spiro atoms. The molecule has 0 aromatic rings. The smallest absolute Gasteiger partial charge is 0.129 e. The highest BCUT2D eigenvalue weighted by atomic mass is 16.5. The fourth-order valence-electron chi connectivity index (χ4n) is 2.99. The monoisotopic (exact) mass is 241 g/mol. The van der Waals surface area contributed by atoms with Gasteiger partial charge < -0.3 is 14.3 Å². The molecule has 0 N–H and O–H groups in total. The van der Waals surface area contributed by atoms with Crippen LogP contribution in [0.15, 0.2) is 0 Å². The minimum Gasteiger partial charge on any atom is -0.380 e. The van der Waals surface area contributed by atoms with Gasteiger partial charge in [0, 0.05) is 26.2 Å². The van der Waals surface area contributed by atoms with Crippen LogP contribution in [0.1, 0.15) is 26.7 Å². The summed E-state index contributed by atoms with van der Waals surface area (Å²) in [5.74, 6) is 0. The van der Waals surface area contributed by atoms with Gasteiger partial charge in [-0.05, 0) is 26.7 Å². The van der Waals surface area contributed by atoms with Crippen molar-refractivity contribution >= 4 is 6.29 Å². The third kappa shape index (κ3) is 3.27. The van der Waals surface area contributed by atoms with Crippen LogP contribution in [0.3, 0.4) is 0 Å². The van der Waals surface area contributed by atoms with Gasteiger partial charge in [0.2, 0.25) is 0 Å². The highest BCUT2D eigenvalue weighted by molar-refractivity contribution is 5.60. The third-order valence-corrected chi connectivity index (χ3v) is 3.64. The van der Waals surface area contributed by atoms with E-state index >= 15 is 0 Å². The predicted octanol–water partition coefficient (Wildman–Crippen LogP) is 1.09.